The summed E-state index contributed by atoms with van der Waals surface area (Å²) in [5.74, 6) is 0.643. The van der Waals surface area contributed by atoms with E-state index in [0.717, 1.165) is 113 Å². The number of unbranched alkanes of at least 4 members (excludes halogenated alkanes) is 3. The van der Waals surface area contributed by atoms with Crippen molar-refractivity contribution in [3.05, 3.63) is 70.8 Å². The number of carboxylic acid groups (broad SMARTS) is 1. The normalized spacial score (nSPS) is 17.7. The van der Waals surface area contributed by atoms with E-state index in [4.69, 9.17) is 26.1 Å². The van der Waals surface area contributed by atoms with Crippen molar-refractivity contribution < 1.29 is 29.1 Å². The van der Waals surface area contributed by atoms with Gasteiger partial charge < -0.3 is 36.4 Å². The zero-order valence-electron chi connectivity index (χ0n) is 34.3. The third kappa shape index (κ3) is 12.3. The fourth-order valence-electron chi connectivity index (χ4n) is 7.73. The van der Waals surface area contributed by atoms with E-state index in [0.29, 0.717) is 49.4 Å². The van der Waals surface area contributed by atoms with E-state index < -0.39 is 12.0 Å². The van der Waals surface area contributed by atoms with Crippen LogP contribution in [0.3, 0.4) is 0 Å². The summed E-state index contributed by atoms with van der Waals surface area (Å²) >= 11 is 0. The van der Waals surface area contributed by atoms with Crippen LogP contribution in [-0.2, 0) is 32.2 Å². The van der Waals surface area contributed by atoms with Crippen LogP contribution >= 0.6 is 0 Å². The lowest BCUT2D eigenvalue weighted by molar-refractivity contribution is -0.138. The summed E-state index contributed by atoms with van der Waals surface area (Å²) in [5, 5.41) is 22.3. The molecular weight excluding hydrogens is 741 g/mol. The Morgan fingerprint density at radius 3 is 2.45 bits per heavy atom. The van der Waals surface area contributed by atoms with E-state index in [1.165, 1.54) is 0 Å². The first-order valence-electron chi connectivity index (χ1n) is 20.7. The quantitative estimate of drug-likeness (QED) is 0.0520. The number of aromatic nitrogens is 1. The first-order chi connectivity index (χ1) is 28.0. The van der Waals surface area contributed by atoms with Gasteiger partial charge in [0.15, 0.2) is 11.7 Å². The minimum absolute atomic E-state index is 0.100. The van der Waals surface area contributed by atoms with Gasteiger partial charge in [0.2, 0.25) is 18.2 Å². The van der Waals surface area contributed by atoms with Crippen LogP contribution in [0.2, 0.25) is 0 Å². The number of aliphatic carboxylic acids is 1. The predicted molar refractivity (Wildman–Crippen MR) is 222 cm³/mol. The van der Waals surface area contributed by atoms with E-state index in [1.54, 1.807) is 23.3 Å². The molecule has 58 heavy (non-hydrogen) atoms. The van der Waals surface area contributed by atoms with Gasteiger partial charge >= 0.3 is 5.97 Å². The van der Waals surface area contributed by atoms with Crippen LogP contribution in [0.15, 0.2) is 64.4 Å². The zero-order chi connectivity index (χ0) is 41.5. The molecule has 1 unspecified atom stereocenters. The Balaban J connectivity index is 0.962. The lowest BCUT2D eigenvalue weighted by atomic mass is 9.67. The molecule has 0 radical (unpaired) electrons. The van der Waals surface area contributed by atoms with Crippen molar-refractivity contribution in [2.45, 2.75) is 116 Å². The number of carbonyl (C=O) groups excluding carboxylic acids is 2. The monoisotopic (exact) mass is 802 g/mol. The topological polar surface area (TPSA) is 213 Å². The Morgan fingerprint density at radius 2 is 1.81 bits per heavy atom. The van der Waals surface area contributed by atoms with Crippen LogP contribution in [0.5, 0.6) is 5.88 Å². The van der Waals surface area contributed by atoms with Gasteiger partial charge in [-0.3, -0.25) is 24.7 Å². The lowest BCUT2D eigenvalue weighted by Crippen LogP contribution is -2.49. The van der Waals surface area contributed by atoms with E-state index in [2.05, 4.69) is 32.9 Å². The summed E-state index contributed by atoms with van der Waals surface area (Å²) in [4.78, 5) is 49.9. The van der Waals surface area contributed by atoms with Gasteiger partial charge in [0, 0.05) is 38.8 Å². The molecule has 7 N–H and O–H groups in total. The number of likely N-dealkylation sites (N-methyl/N-ethyl adjacent to an activating group) is 1. The Hall–Kier alpha value is -5.38. The molecule has 1 atom stereocenters. The fraction of sp³-hybridized carbons (Fsp3) is 0.571. The number of amidine groups is 1. The summed E-state index contributed by atoms with van der Waals surface area (Å²) in [6, 6.07) is 10.4. The highest BCUT2D eigenvalue weighted by Crippen LogP contribution is 2.45. The molecule has 1 aromatic heterocycles. The summed E-state index contributed by atoms with van der Waals surface area (Å²) in [6.45, 7) is 7.04. The maximum atomic E-state index is 13.0. The number of likely N-dealkylation sites (tertiary alicyclic amines) is 1. The molecule has 1 aliphatic carbocycles. The number of piperidine rings is 1. The highest BCUT2D eigenvalue weighted by Gasteiger charge is 2.39. The molecule has 16 heteroatoms. The second kappa shape index (κ2) is 21.4. The van der Waals surface area contributed by atoms with Crippen molar-refractivity contribution in [3.63, 3.8) is 0 Å². The van der Waals surface area contributed by atoms with Gasteiger partial charge in [0.1, 0.15) is 24.4 Å². The van der Waals surface area contributed by atoms with E-state index in [-0.39, 0.29) is 23.8 Å². The maximum absolute atomic E-state index is 13.0. The predicted octanol–water partition coefficient (Wildman–Crippen LogP) is 4.21. The molecule has 2 aromatic rings. The molecule has 1 saturated heterocycles. The summed E-state index contributed by atoms with van der Waals surface area (Å²) in [5.41, 5.74) is 19.2. The first-order valence-corrected chi connectivity index (χ1v) is 20.7. The molecular formula is C42H62N10O6. The van der Waals surface area contributed by atoms with Gasteiger partial charge in [-0.05, 0) is 99.7 Å². The van der Waals surface area contributed by atoms with Crippen LogP contribution in [-0.4, -0.2) is 100 Å². The second-order valence-corrected chi connectivity index (χ2v) is 15.6. The molecule has 2 aliphatic heterocycles. The van der Waals surface area contributed by atoms with Gasteiger partial charge in [-0.1, -0.05) is 48.8 Å². The zero-order valence-corrected chi connectivity index (χ0v) is 34.3. The van der Waals surface area contributed by atoms with Crippen LogP contribution in [0.4, 0.5) is 0 Å². The van der Waals surface area contributed by atoms with Crippen molar-refractivity contribution in [1.29, 1.82) is 0 Å². The number of hydrazine groups is 1. The maximum Gasteiger partial charge on any atom is 0.320 e. The number of hydrogen-bond donors (Lipinski definition) is 5. The van der Waals surface area contributed by atoms with E-state index in [1.807, 2.05) is 48.2 Å². The average molecular weight is 803 g/mol. The molecule has 2 amide bonds. The SMILES string of the molecule is CCCCN1N=C(N)C(NC)=C(N(C=O)Cc2ccc(OC3CCC4(CC3)CCN(C(=O)CCCCCON=C(C)c3ccc(CC(N)C(=O)O)cc3)CC4)nc2)N1. The summed E-state index contributed by atoms with van der Waals surface area (Å²) < 4.78 is 6.32. The fourth-order valence-corrected chi connectivity index (χ4v) is 7.73. The van der Waals surface area contributed by atoms with E-state index in [9.17, 15) is 14.4 Å². The third-order valence-electron chi connectivity index (χ3n) is 11.4. The smallest absolute Gasteiger partial charge is 0.320 e. The standard InChI is InChI=1S/C42H62N10O6/c1-4-5-22-52-47-39(44)38(45-3)40(48-52)51(29-53)28-32-12-15-36(46-27-32)58-34-16-18-42(19-17-34)20-23-50(24-21-42)37(54)9-7-6-8-25-57-49-30(2)33-13-10-31(11-14-33)26-35(43)41(55)56/h10-15,27,29,34-35,45,48H,4-9,16-26,28,43H2,1-3H3,(H2,44,47)(H,55,56). The van der Waals surface area contributed by atoms with Crippen molar-refractivity contribution in [2.75, 3.05) is 33.3 Å². The second-order valence-electron chi connectivity index (χ2n) is 15.6. The highest BCUT2D eigenvalue weighted by molar-refractivity contribution is 5.98. The Labute approximate surface area is 342 Å². The van der Waals surface area contributed by atoms with Crippen molar-refractivity contribution in [2.24, 2.45) is 27.1 Å². The number of oxime groups is 1. The Bertz CT molecular complexity index is 1750. The average Bonchev–Trinajstić information content (AvgIpc) is 3.23. The highest BCUT2D eigenvalue weighted by atomic mass is 16.6. The number of hydrazone groups is 1. The van der Waals surface area contributed by atoms with Crippen molar-refractivity contribution in [3.8, 4) is 5.88 Å². The molecule has 316 valence electrons. The number of benzene rings is 1. The molecule has 1 saturated carbocycles. The Morgan fingerprint density at radius 1 is 1.09 bits per heavy atom. The van der Waals surface area contributed by atoms with Crippen molar-refractivity contribution >= 4 is 29.8 Å². The van der Waals surface area contributed by atoms with Crippen LogP contribution in [0.25, 0.3) is 0 Å². The minimum Gasteiger partial charge on any atom is -0.480 e. The number of nitrogens with two attached hydrogens (primary N) is 2. The number of nitrogens with zero attached hydrogens (tertiary/aromatic N) is 6. The molecule has 16 nitrogen and oxygen atoms in total. The molecule has 3 heterocycles. The molecule has 3 aliphatic rings. The Kier molecular flexibility index (Phi) is 16.1. The first kappa shape index (κ1) is 43.7. The van der Waals surface area contributed by atoms with Gasteiger partial charge in [-0.15, -0.1) is 5.10 Å². The van der Waals surface area contributed by atoms with E-state index >= 15 is 0 Å². The van der Waals surface area contributed by atoms with Crippen LogP contribution < -0.4 is 26.9 Å². The number of carboxylic acids is 1. The van der Waals surface area contributed by atoms with Gasteiger partial charge in [0.25, 0.3) is 0 Å². The molecule has 2 fully saturated rings. The largest absolute Gasteiger partial charge is 0.480 e. The molecule has 0 bridgehead atoms. The lowest BCUT2D eigenvalue weighted by Gasteiger charge is -2.45. The molecule has 5 rings (SSSR count). The summed E-state index contributed by atoms with van der Waals surface area (Å²) in [7, 11) is 1.74. The number of ether oxygens (including phenoxy) is 1. The van der Waals surface area contributed by atoms with Crippen LogP contribution in [0.1, 0.15) is 108 Å². The molecule has 1 aromatic carbocycles. The van der Waals surface area contributed by atoms with Crippen molar-refractivity contribution in [1.82, 2.24) is 30.6 Å². The minimum atomic E-state index is -1.02. The number of hydrogen-bond acceptors (Lipinski definition) is 13. The van der Waals surface area contributed by atoms with Gasteiger partial charge in [-0.2, -0.15) is 0 Å². The molecule has 1 spiro atoms. The number of amides is 2. The van der Waals surface area contributed by atoms with Gasteiger partial charge in [0.05, 0.1) is 18.8 Å². The number of pyridine rings is 1. The number of carbonyl (C=O) groups is 3. The van der Waals surface area contributed by atoms with Crippen LogP contribution in [0, 0.1) is 5.41 Å². The third-order valence-corrected chi connectivity index (χ3v) is 11.4. The number of rotatable bonds is 21. The number of nitrogens with one attached hydrogen (secondary N) is 2. The van der Waals surface area contributed by atoms with Gasteiger partial charge in [-0.25, -0.2) is 10.1 Å². The summed E-state index contributed by atoms with van der Waals surface area (Å²) in [6.07, 6.45) is 14.1.